The van der Waals surface area contributed by atoms with E-state index in [9.17, 15) is 0 Å². The van der Waals surface area contributed by atoms with Crippen molar-refractivity contribution in [2.24, 2.45) is 11.3 Å². The Hall–Kier alpha value is -0.830. The molecule has 1 heterocycles. The Labute approximate surface area is 106 Å². The lowest BCUT2D eigenvalue weighted by Crippen LogP contribution is -2.26. The van der Waals surface area contributed by atoms with Gasteiger partial charge in [-0.3, -0.25) is 0 Å². The molecule has 0 spiro atoms. The molecule has 1 aromatic heterocycles. The smallest absolute Gasteiger partial charge is 0.0951 e. The molecule has 0 fully saturated rings. The Morgan fingerprint density at radius 3 is 2.47 bits per heavy atom. The molecule has 3 nitrogen and oxygen atoms in total. The van der Waals surface area contributed by atoms with Gasteiger partial charge >= 0.3 is 0 Å². The zero-order chi connectivity index (χ0) is 13.1. The van der Waals surface area contributed by atoms with Crippen LogP contribution in [-0.4, -0.2) is 16.1 Å². The van der Waals surface area contributed by atoms with E-state index >= 15 is 0 Å². The lowest BCUT2D eigenvalue weighted by molar-refractivity contribution is 0.256. The predicted octanol–water partition coefficient (Wildman–Crippen LogP) is 3.24. The molecule has 17 heavy (non-hydrogen) atoms. The maximum absolute atomic E-state index is 4.28. The molecular weight excluding hydrogens is 210 g/mol. The Morgan fingerprint density at radius 1 is 1.29 bits per heavy atom. The number of rotatable bonds is 5. The van der Waals surface area contributed by atoms with Gasteiger partial charge in [0.05, 0.1) is 12.0 Å². The molecule has 1 unspecified atom stereocenters. The summed E-state index contributed by atoms with van der Waals surface area (Å²) < 4.78 is 2.29. The molecule has 0 saturated heterocycles. The second-order valence-corrected chi connectivity index (χ2v) is 6.36. The van der Waals surface area contributed by atoms with Gasteiger partial charge in [-0.05, 0) is 24.8 Å². The van der Waals surface area contributed by atoms with E-state index in [4.69, 9.17) is 0 Å². The van der Waals surface area contributed by atoms with Crippen molar-refractivity contribution in [3.8, 4) is 0 Å². The monoisotopic (exact) mass is 237 g/mol. The van der Waals surface area contributed by atoms with Crippen LogP contribution < -0.4 is 5.32 Å². The molecule has 1 atom stereocenters. The maximum Gasteiger partial charge on any atom is 0.0951 e. The zero-order valence-corrected chi connectivity index (χ0v) is 12.1. The maximum atomic E-state index is 4.28. The first-order chi connectivity index (χ1) is 7.82. The molecule has 0 amide bonds. The van der Waals surface area contributed by atoms with Crippen LogP contribution in [0.1, 0.15) is 53.3 Å². The van der Waals surface area contributed by atoms with Gasteiger partial charge in [0.1, 0.15) is 0 Å². The molecule has 3 heteroatoms. The first kappa shape index (κ1) is 14.2. The molecule has 0 bridgehead atoms. The second-order valence-electron chi connectivity index (χ2n) is 6.36. The largest absolute Gasteiger partial charge is 0.330 e. The minimum Gasteiger partial charge on any atom is -0.330 e. The zero-order valence-electron chi connectivity index (χ0n) is 12.1. The summed E-state index contributed by atoms with van der Waals surface area (Å²) in [4.78, 5) is 4.28. The molecule has 1 N–H and O–H groups in total. The highest BCUT2D eigenvalue weighted by Gasteiger charge is 2.22. The first-order valence-electron chi connectivity index (χ1n) is 6.53. The van der Waals surface area contributed by atoms with Gasteiger partial charge in [-0.15, -0.1) is 0 Å². The molecular formula is C14H27N3. The molecule has 0 aliphatic rings. The van der Waals surface area contributed by atoms with Crippen molar-refractivity contribution in [1.29, 1.82) is 0 Å². The van der Waals surface area contributed by atoms with E-state index in [1.54, 1.807) is 0 Å². The third-order valence-corrected chi connectivity index (χ3v) is 3.28. The number of imidazole rings is 1. The van der Waals surface area contributed by atoms with E-state index in [0.717, 1.165) is 13.1 Å². The quantitative estimate of drug-likeness (QED) is 0.852. The molecule has 0 aromatic carbocycles. The van der Waals surface area contributed by atoms with Crippen molar-refractivity contribution in [3.63, 3.8) is 0 Å². The van der Waals surface area contributed by atoms with Crippen LogP contribution in [0.25, 0.3) is 0 Å². The standard InChI is InChI=1S/C14H27N3/c1-11(2)7-15-8-13-9-16-10-17(13)12(3)14(4,5)6/h9-12,15H,7-8H2,1-6H3. The van der Waals surface area contributed by atoms with Crippen molar-refractivity contribution < 1.29 is 0 Å². The lowest BCUT2D eigenvalue weighted by atomic mass is 9.88. The van der Waals surface area contributed by atoms with E-state index in [1.807, 2.05) is 12.5 Å². The van der Waals surface area contributed by atoms with Gasteiger partial charge in [0.25, 0.3) is 0 Å². The lowest BCUT2D eigenvalue weighted by Gasteiger charge is -2.30. The summed E-state index contributed by atoms with van der Waals surface area (Å²) >= 11 is 0. The minimum absolute atomic E-state index is 0.257. The third-order valence-electron chi connectivity index (χ3n) is 3.28. The van der Waals surface area contributed by atoms with Crippen molar-refractivity contribution >= 4 is 0 Å². The second kappa shape index (κ2) is 5.67. The predicted molar refractivity (Wildman–Crippen MR) is 72.9 cm³/mol. The van der Waals surface area contributed by atoms with Crippen molar-refractivity contribution in [3.05, 3.63) is 18.2 Å². The third kappa shape index (κ3) is 4.15. The van der Waals surface area contributed by atoms with Crippen LogP contribution >= 0.6 is 0 Å². The molecule has 98 valence electrons. The summed E-state index contributed by atoms with van der Waals surface area (Å²) in [6.07, 6.45) is 3.91. The van der Waals surface area contributed by atoms with Crippen molar-refractivity contribution in [1.82, 2.24) is 14.9 Å². The number of hydrogen-bond acceptors (Lipinski definition) is 2. The fraction of sp³-hybridized carbons (Fsp3) is 0.786. The van der Waals surface area contributed by atoms with E-state index in [2.05, 4.69) is 56.4 Å². The highest BCUT2D eigenvalue weighted by Crippen LogP contribution is 2.30. The van der Waals surface area contributed by atoms with Gasteiger partial charge < -0.3 is 9.88 Å². The number of aromatic nitrogens is 2. The summed E-state index contributed by atoms with van der Waals surface area (Å²) in [5.74, 6) is 0.686. The molecule has 1 aromatic rings. The van der Waals surface area contributed by atoms with Gasteiger partial charge in [-0.1, -0.05) is 34.6 Å². The molecule has 0 aliphatic carbocycles. The van der Waals surface area contributed by atoms with Gasteiger partial charge in [0.2, 0.25) is 0 Å². The topological polar surface area (TPSA) is 29.9 Å². The van der Waals surface area contributed by atoms with Crippen LogP contribution in [0.15, 0.2) is 12.5 Å². The van der Waals surface area contributed by atoms with Crippen LogP contribution in [-0.2, 0) is 6.54 Å². The van der Waals surface area contributed by atoms with Gasteiger partial charge in [-0.2, -0.15) is 0 Å². The number of hydrogen-bond donors (Lipinski definition) is 1. The summed E-state index contributed by atoms with van der Waals surface area (Å²) in [5, 5.41) is 3.47. The Kier molecular flexibility index (Phi) is 4.75. The normalized spacial score (nSPS) is 14.3. The Balaban J connectivity index is 2.66. The van der Waals surface area contributed by atoms with Crippen LogP contribution in [0.3, 0.4) is 0 Å². The van der Waals surface area contributed by atoms with Crippen molar-refractivity contribution in [2.75, 3.05) is 6.54 Å². The van der Waals surface area contributed by atoms with Crippen LogP contribution in [0.4, 0.5) is 0 Å². The van der Waals surface area contributed by atoms with Gasteiger partial charge in [-0.25, -0.2) is 4.98 Å². The number of nitrogens with one attached hydrogen (secondary N) is 1. The summed E-state index contributed by atoms with van der Waals surface area (Å²) in [6.45, 7) is 15.5. The fourth-order valence-corrected chi connectivity index (χ4v) is 1.72. The molecule has 0 radical (unpaired) electrons. The number of nitrogens with zero attached hydrogens (tertiary/aromatic N) is 2. The fourth-order valence-electron chi connectivity index (χ4n) is 1.72. The summed E-state index contributed by atoms with van der Waals surface area (Å²) in [7, 11) is 0. The average molecular weight is 237 g/mol. The van der Waals surface area contributed by atoms with Crippen LogP contribution in [0.5, 0.6) is 0 Å². The average Bonchev–Trinajstić information content (AvgIpc) is 2.62. The van der Waals surface area contributed by atoms with Crippen LogP contribution in [0.2, 0.25) is 0 Å². The van der Waals surface area contributed by atoms with E-state index < -0.39 is 0 Å². The molecule has 0 saturated carbocycles. The van der Waals surface area contributed by atoms with Gasteiger partial charge in [0.15, 0.2) is 0 Å². The highest BCUT2D eigenvalue weighted by molar-refractivity contribution is 5.01. The Bertz CT molecular complexity index is 333. The van der Waals surface area contributed by atoms with E-state index in [0.29, 0.717) is 12.0 Å². The van der Waals surface area contributed by atoms with Gasteiger partial charge in [0, 0.05) is 18.8 Å². The highest BCUT2D eigenvalue weighted by atomic mass is 15.1. The summed E-state index contributed by atoms with van der Waals surface area (Å²) in [6, 6.07) is 0.459. The minimum atomic E-state index is 0.257. The molecule has 1 rings (SSSR count). The van der Waals surface area contributed by atoms with E-state index in [1.165, 1.54) is 5.69 Å². The van der Waals surface area contributed by atoms with E-state index in [-0.39, 0.29) is 5.41 Å². The Morgan fingerprint density at radius 2 is 1.94 bits per heavy atom. The van der Waals surface area contributed by atoms with Crippen molar-refractivity contribution in [2.45, 2.75) is 54.1 Å². The van der Waals surface area contributed by atoms with Crippen LogP contribution in [0, 0.1) is 11.3 Å². The summed E-state index contributed by atoms with van der Waals surface area (Å²) in [5.41, 5.74) is 1.53. The first-order valence-corrected chi connectivity index (χ1v) is 6.53. The SMILES string of the molecule is CC(C)CNCc1cncn1C(C)C(C)(C)C. The molecule has 0 aliphatic heterocycles.